The molecule has 0 bridgehead atoms. The van der Waals surface area contributed by atoms with E-state index in [-0.39, 0.29) is 11.8 Å². The number of rotatable bonds is 3. The first-order chi connectivity index (χ1) is 12.0. The molecule has 2 aromatic rings. The van der Waals surface area contributed by atoms with Crippen LogP contribution in [-0.4, -0.2) is 52.8 Å². The second-order valence-electron chi connectivity index (χ2n) is 6.82. The van der Waals surface area contributed by atoms with Gasteiger partial charge in [0.25, 0.3) is 5.91 Å². The minimum Gasteiger partial charge on any atom is -0.367 e. The minimum atomic E-state index is 0.0679. The van der Waals surface area contributed by atoms with E-state index in [9.17, 15) is 9.59 Å². The van der Waals surface area contributed by atoms with Crippen LogP contribution in [0, 0.1) is 20.8 Å². The molecule has 1 aliphatic heterocycles. The van der Waals surface area contributed by atoms with Gasteiger partial charge in [-0.3, -0.25) is 9.59 Å². The van der Waals surface area contributed by atoms with Crippen LogP contribution in [0.4, 0.5) is 0 Å². The molecule has 0 unspecified atom stereocenters. The van der Waals surface area contributed by atoms with Crippen LogP contribution >= 0.6 is 0 Å². The van der Waals surface area contributed by atoms with Crippen molar-refractivity contribution in [2.45, 2.75) is 27.2 Å². The van der Waals surface area contributed by atoms with Crippen LogP contribution in [0.15, 0.2) is 30.6 Å². The Morgan fingerprint density at radius 3 is 2.24 bits per heavy atom. The Kier molecular flexibility index (Phi) is 4.93. The number of aromatic amines is 1. The SMILES string of the molecule is Cc1cc(C)c(C(=O)N2CCN(C(=O)Cc3cc[nH]c3)CC2)cc1C. The fourth-order valence-electron chi connectivity index (χ4n) is 3.28. The lowest BCUT2D eigenvalue weighted by atomic mass is 10.00. The molecule has 2 amide bonds. The first-order valence-corrected chi connectivity index (χ1v) is 8.72. The van der Waals surface area contributed by atoms with Crippen LogP contribution in [0.25, 0.3) is 0 Å². The molecule has 1 fully saturated rings. The fourth-order valence-corrected chi connectivity index (χ4v) is 3.28. The molecule has 132 valence electrons. The zero-order chi connectivity index (χ0) is 18.0. The van der Waals surface area contributed by atoms with Gasteiger partial charge < -0.3 is 14.8 Å². The van der Waals surface area contributed by atoms with Crippen LogP contribution in [0.3, 0.4) is 0 Å². The maximum atomic E-state index is 12.8. The summed E-state index contributed by atoms with van der Waals surface area (Å²) in [6.07, 6.45) is 4.08. The number of H-pyrrole nitrogens is 1. The number of amides is 2. The third-order valence-electron chi connectivity index (χ3n) is 5.01. The molecular weight excluding hydrogens is 314 g/mol. The molecule has 2 heterocycles. The van der Waals surface area contributed by atoms with Crippen molar-refractivity contribution in [1.29, 1.82) is 0 Å². The lowest BCUT2D eigenvalue weighted by Crippen LogP contribution is -2.51. The van der Waals surface area contributed by atoms with Gasteiger partial charge >= 0.3 is 0 Å². The maximum absolute atomic E-state index is 12.8. The summed E-state index contributed by atoms with van der Waals surface area (Å²) in [7, 11) is 0. The number of nitrogens with one attached hydrogen (secondary N) is 1. The van der Waals surface area contributed by atoms with E-state index >= 15 is 0 Å². The van der Waals surface area contributed by atoms with Crippen LogP contribution in [0.5, 0.6) is 0 Å². The van der Waals surface area contributed by atoms with Crippen molar-refractivity contribution < 1.29 is 9.59 Å². The molecule has 3 rings (SSSR count). The summed E-state index contributed by atoms with van der Waals surface area (Å²) in [5.41, 5.74) is 5.12. The molecule has 5 heteroatoms. The minimum absolute atomic E-state index is 0.0679. The lowest BCUT2D eigenvalue weighted by molar-refractivity contribution is -0.131. The van der Waals surface area contributed by atoms with Gasteiger partial charge in [0.1, 0.15) is 0 Å². The molecule has 25 heavy (non-hydrogen) atoms. The van der Waals surface area contributed by atoms with E-state index < -0.39 is 0 Å². The quantitative estimate of drug-likeness (QED) is 0.934. The van der Waals surface area contributed by atoms with Gasteiger partial charge in [-0.2, -0.15) is 0 Å². The van der Waals surface area contributed by atoms with Crippen molar-refractivity contribution in [2.75, 3.05) is 26.2 Å². The summed E-state index contributed by atoms with van der Waals surface area (Å²) in [5, 5.41) is 0. The molecule has 5 nitrogen and oxygen atoms in total. The molecular formula is C20H25N3O2. The number of carbonyl (C=O) groups is 2. The Hall–Kier alpha value is -2.56. The number of carbonyl (C=O) groups excluding carboxylic acids is 2. The van der Waals surface area contributed by atoms with Crippen molar-refractivity contribution in [3.63, 3.8) is 0 Å². The fraction of sp³-hybridized carbons (Fsp3) is 0.400. The molecule has 0 aliphatic carbocycles. The monoisotopic (exact) mass is 339 g/mol. The highest BCUT2D eigenvalue weighted by Crippen LogP contribution is 2.18. The van der Waals surface area contributed by atoms with Crippen LogP contribution in [0.1, 0.15) is 32.6 Å². The normalized spacial score (nSPS) is 14.7. The zero-order valence-electron chi connectivity index (χ0n) is 15.1. The Morgan fingerprint density at radius 2 is 1.60 bits per heavy atom. The largest absolute Gasteiger partial charge is 0.367 e. The highest BCUT2D eigenvalue weighted by molar-refractivity contribution is 5.96. The number of hydrogen-bond donors (Lipinski definition) is 1. The molecule has 0 atom stereocenters. The van der Waals surface area contributed by atoms with Crippen LogP contribution in [0.2, 0.25) is 0 Å². The summed E-state index contributed by atoms with van der Waals surface area (Å²) in [4.78, 5) is 31.9. The smallest absolute Gasteiger partial charge is 0.254 e. The van der Waals surface area contributed by atoms with Crippen molar-refractivity contribution in [3.8, 4) is 0 Å². The molecule has 1 aromatic heterocycles. The predicted octanol–water partition coefficient (Wildman–Crippen LogP) is 2.47. The Morgan fingerprint density at radius 1 is 0.960 bits per heavy atom. The van der Waals surface area contributed by atoms with Gasteiger partial charge in [0.05, 0.1) is 6.42 Å². The van der Waals surface area contributed by atoms with Gasteiger partial charge in [-0.1, -0.05) is 6.07 Å². The number of aromatic nitrogens is 1. The summed E-state index contributed by atoms with van der Waals surface area (Å²) in [6.45, 7) is 8.44. The summed E-state index contributed by atoms with van der Waals surface area (Å²) < 4.78 is 0. The summed E-state index contributed by atoms with van der Waals surface area (Å²) in [6, 6.07) is 5.97. The number of piperazine rings is 1. The Balaban J connectivity index is 1.61. The van der Waals surface area contributed by atoms with Crippen molar-refractivity contribution >= 4 is 11.8 Å². The second kappa shape index (κ2) is 7.13. The number of aryl methyl sites for hydroxylation is 3. The van der Waals surface area contributed by atoms with Gasteiger partial charge in [-0.05, 0) is 55.2 Å². The Labute approximate surface area is 148 Å². The van der Waals surface area contributed by atoms with E-state index in [1.807, 2.05) is 48.2 Å². The second-order valence-corrected chi connectivity index (χ2v) is 6.82. The number of benzene rings is 1. The lowest BCUT2D eigenvalue weighted by Gasteiger charge is -2.35. The molecule has 0 radical (unpaired) electrons. The van der Waals surface area contributed by atoms with E-state index in [1.54, 1.807) is 0 Å². The molecule has 0 spiro atoms. The number of nitrogens with zero attached hydrogens (tertiary/aromatic N) is 2. The van der Waals surface area contributed by atoms with Gasteiger partial charge in [-0.15, -0.1) is 0 Å². The van der Waals surface area contributed by atoms with Crippen molar-refractivity contribution in [3.05, 3.63) is 58.4 Å². The molecule has 0 saturated carbocycles. The average molecular weight is 339 g/mol. The van der Waals surface area contributed by atoms with E-state index in [2.05, 4.69) is 18.0 Å². The molecule has 1 N–H and O–H groups in total. The van der Waals surface area contributed by atoms with E-state index in [0.29, 0.717) is 32.6 Å². The van der Waals surface area contributed by atoms with Gasteiger partial charge in [-0.25, -0.2) is 0 Å². The Bertz CT molecular complexity index is 772. The van der Waals surface area contributed by atoms with Crippen LogP contribution in [-0.2, 0) is 11.2 Å². The van der Waals surface area contributed by atoms with E-state index in [4.69, 9.17) is 0 Å². The van der Waals surface area contributed by atoms with E-state index in [1.165, 1.54) is 5.56 Å². The maximum Gasteiger partial charge on any atom is 0.254 e. The zero-order valence-corrected chi connectivity index (χ0v) is 15.1. The molecule has 1 aromatic carbocycles. The predicted molar refractivity (Wildman–Crippen MR) is 97.6 cm³/mol. The third-order valence-corrected chi connectivity index (χ3v) is 5.01. The first kappa shape index (κ1) is 17.3. The molecule has 1 saturated heterocycles. The highest BCUT2D eigenvalue weighted by atomic mass is 16.2. The average Bonchev–Trinajstić information content (AvgIpc) is 3.10. The third kappa shape index (κ3) is 3.76. The van der Waals surface area contributed by atoms with Crippen molar-refractivity contribution in [1.82, 2.24) is 14.8 Å². The van der Waals surface area contributed by atoms with Gasteiger partial charge in [0.2, 0.25) is 5.91 Å². The van der Waals surface area contributed by atoms with Gasteiger partial charge in [0, 0.05) is 44.1 Å². The number of hydrogen-bond acceptors (Lipinski definition) is 2. The van der Waals surface area contributed by atoms with E-state index in [0.717, 1.165) is 22.3 Å². The first-order valence-electron chi connectivity index (χ1n) is 8.72. The molecule has 1 aliphatic rings. The summed E-state index contributed by atoms with van der Waals surface area (Å²) >= 11 is 0. The van der Waals surface area contributed by atoms with Crippen LogP contribution < -0.4 is 0 Å². The topological polar surface area (TPSA) is 56.4 Å². The summed E-state index contributed by atoms with van der Waals surface area (Å²) in [5.74, 6) is 0.187. The van der Waals surface area contributed by atoms with Crippen molar-refractivity contribution in [2.24, 2.45) is 0 Å². The van der Waals surface area contributed by atoms with Gasteiger partial charge in [0.15, 0.2) is 0 Å². The highest BCUT2D eigenvalue weighted by Gasteiger charge is 2.25. The standard InChI is InChI=1S/C20H25N3O2/c1-14-10-16(3)18(11-15(14)2)20(25)23-8-6-22(7-9-23)19(24)12-17-4-5-21-13-17/h4-5,10-11,13,21H,6-9,12H2,1-3H3.